The maximum absolute atomic E-state index is 12.8. The van der Waals surface area contributed by atoms with Crippen LogP contribution in [0, 0.1) is 6.92 Å². The molecule has 1 atom stereocenters. The van der Waals surface area contributed by atoms with Crippen molar-refractivity contribution in [2.75, 3.05) is 11.9 Å². The third kappa shape index (κ3) is 2.21. The molecule has 2 aromatic rings. The van der Waals surface area contributed by atoms with Crippen LogP contribution in [0.5, 0.6) is 0 Å². The Morgan fingerprint density at radius 2 is 1.91 bits per heavy atom. The number of imide groups is 1. The molecule has 2 heterocycles. The number of hydrogen-bond donors (Lipinski definition) is 0. The van der Waals surface area contributed by atoms with Crippen LogP contribution in [0.2, 0.25) is 0 Å². The summed E-state index contributed by atoms with van der Waals surface area (Å²) in [7, 11) is 3.35. The monoisotopic (exact) mass is 362 g/mol. The number of rotatable bonds is 2. The van der Waals surface area contributed by atoms with Crippen molar-refractivity contribution in [2.45, 2.75) is 13.0 Å². The first-order chi connectivity index (χ1) is 10.4. The summed E-state index contributed by atoms with van der Waals surface area (Å²) in [6, 6.07) is 8.18. The molecule has 0 aliphatic carbocycles. The molecule has 1 aromatic heterocycles. The molecule has 1 fully saturated rings. The lowest BCUT2D eigenvalue weighted by atomic mass is 10.1. The summed E-state index contributed by atoms with van der Waals surface area (Å²) in [5, 5.41) is 4.21. The third-order valence-electron chi connectivity index (χ3n) is 3.71. The third-order valence-corrected chi connectivity index (χ3v) is 4.20. The summed E-state index contributed by atoms with van der Waals surface area (Å²) >= 11 is 3.40. The van der Waals surface area contributed by atoms with Gasteiger partial charge in [-0.2, -0.15) is 5.10 Å². The zero-order valence-corrected chi connectivity index (χ0v) is 14.0. The van der Waals surface area contributed by atoms with E-state index in [4.69, 9.17) is 0 Å². The van der Waals surface area contributed by atoms with Crippen molar-refractivity contribution in [3.8, 4) is 0 Å². The van der Waals surface area contributed by atoms with E-state index in [1.807, 2.05) is 31.2 Å². The molecule has 1 aliphatic rings. The first-order valence-corrected chi connectivity index (χ1v) is 7.56. The van der Waals surface area contributed by atoms with Crippen LogP contribution in [0.4, 0.5) is 10.6 Å². The van der Waals surface area contributed by atoms with Crippen LogP contribution in [0.25, 0.3) is 0 Å². The molecule has 0 unspecified atom stereocenters. The molecule has 7 heteroatoms. The topological polar surface area (TPSA) is 58.4 Å². The van der Waals surface area contributed by atoms with Gasteiger partial charge in [-0.1, -0.05) is 28.1 Å². The molecule has 0 spiro atoms. The van der Waals surface area contributed by atoms with Crippen molar-refractivity contribution in [1.82, 2.24) is 14.7 Å². The van der Waals surface area contributed by atoms with Gasteiger partial charge in [0.05, 0.1) is 5.69 Å². The summed E-state index contributed by atoms with van der Waals surface area (Å²) in [5.41, 5.74) is 1.53. The average molecular weight is 363 g/mol. The van der Waals surface area contributed by atoms with E-state index in [1.54, 1.807) is 24.8 Å². The van der Waals surface area contributed by atoms with E-state index in [2.05, 4.69) is 21.0 Å². The lowest BCUT2D eigenvalue weighted by molar-refractivity contribution is -0.119. The fourth-order valence-electron chi connectivity index (χ4n) is 2.71. The van der Waals surface area contributed by atoms with Crippen molar-refractivity contribution in [2.24, 2.45) is 7.05 Å². The summed E-state index contributed by atoms with van der Waals surface area (Å²) in [6.45, 7) is 1.82. The molecule has 1 aromatic carbocycles. The molecule has 3 rings (SSSR count). The van der Waals surface area contributed by atoms with Gasteiger partial charge in [-0.25, -0.2) is 9.69 Å². The van der Waals surface area contributed by atoms with Crippen molar-refractivity contribution in [1.29, 1.82) is 0 Å². The number of anilines is 1. The maximum atomic E-state index is 12.8. The van der Waals surface area contributed by atoms with Crippen LogP contribution in [0.1, 0.15) is 17.3 Å². The van der Waals surface area contributed by atoms with Crippen LogP contribution < -0.4 is 4.90 Å². The van der Waals surface area contributed by atoms with Gasteiger partial charge in [-0.15, -0.1) is 0 Å². The fourth-order valence-corrected chi connectivity index (χ4v) is 3.13. The second-order valence-corrected chi connectivity index (χ2v) is 6.21. The molecule has 0 saturated carbocycles. The highest BCUT2D eigenvalue weighted by molar-refractivity contribution is 9.10. The minimum atomic E-state index is -0.625. The highest BCUT2D eigenvalue weighted by Gasteiger charge is 2.45. The summed E-state index contributed by atoms with van der Waals surface area (Å²) < 4.78 is 2.41. The summed E-state index contributed by atoms with van der Waals surface area (Å²) in [5.74, 6) is 0.213. The smallest absolute Gasteiger partial charge is 0.311 e. The normalized spacial score (nSPS) is 18.5. The lowest BCUT2D eigenvalue weighted by Crippen LogP contribution is -2.32. The molecule has 3 amide bonds. The Morgan fingerprint density at radius 3 is 2.50 bits per heavy atom. The van der Waals surface area contributed by atoms with E-state index in [-0.39, 0.29) is 11.9 Å². The number of nitrogens with zero attached hydrogens (tertiary/aromatic N) is 4. The maximum Gasteiger partial charge on any atom is 0.333 e. The standard InChI is InChI=1S/C15H15BrN4O2/c1-9-7-12(19(3)17-9)20-14(21)13(18(2)15(20)22)10-5-4-6-11(16)8-10/h4-8,13H,1-3H3/t13-/m1/s1. The van der Waals surface area contributed by atoms with E-state index < -0.39 is 6.04 Å². The highest BCUT2D eigenvalue weighted by Crippen LogP contribution is 2.33. The van der Waals surface area contributed by atoms with Crippen LogP contribution in [-0.4, -0.2) is 33.7 Å². The van der Waals surface area contributed by atoms with Crippen molar-refractivity contribution in [3.05, 3.63) is 46.1 Å². The molecule has 0 bridgehead atoms. The first kappa shape index (κ1) is 14.8. The van der Waals surface area contributed by atoms with Crippen molar-refractivity contribution in [3.63, 3.8) is 0 Å². The predicted molar refractivity (Wildman–Crippen MR) is 85.5 cm³/mol. The Bertz CT molecular complexity index is 771. The Hall–Kier alpha value is -2.15. The Balaban J connectivity index is 2.04. The second kappa shape index (κ2) is 5.24. The molecule has 22 heavy (non-hydrogen) atoms. The quantitative estimate of drug-likeness (QED) is 0.771. The number of aromatic nitrogens is 2. The van der Waals surface area contributed by atoms with E-state index >= 15 is 0 Å². The van der Waals surface area contributed by atoms with Gasteiger partial charge in [-0.3, -0.25) is 9.48 Å². The number of urea groups is 1. The van der Waals surface area contributed by atoms with Gasteiger partial charge >= 0.3 is 6.03 Å². The molecule has 6 nitrogen and oxygen atoms in total. The van der Waals surface area contributed by atoms with Gasteiger partial charge in [0.2, 0.25) is 0 Å². The number of hydrogen-bond acceptors (Lipinski definition) is 3. The lowest BCUT2D eigenvalue weighted by Gasteiger charge is -2.16. The largest absolute Gasteiger partial charge is 0.333 e. The summed E-state index contributed by atoms with van der Waals surface area (Å²) in [6.07, 6.45) is 0. The molecule has 1 saturated heterocycles. The van der Waals surface area contributed by atoms with E-state index in [9.17, 15) is 9.59 Å². The Kier molecular flexibility index (Phi) is 3.52. The fraction of sp³-hybridized carbons (Fsp3) is 0.267. The van der Waals surface area contributed by atoms with Crippen molar-refractivity contribution < 1.29 is 9.59 Å². The van der Waals surface area contributed by atoms with E-state index in [0.29, 0.717) is 5.82 Å². The molecular formula is C15H15BrN4O2. The summed E-state index contributed by atoms with van der Waals surface area (Å²) in [4.78, 5) is 28.0. The average Bonchev–Trinajstić information content (AvgIpc) is 2.88. The van der Waals surface area contributed by atoms with Gasteiger partial charge < -0.3 is 4.90 Å². The van der Waals surface area contributed by atoms with Crippen LogP contribution in [0.15, 0.2) is 34.8 Å². The van der Waals surface area contributed by atoms with Crippen LogP contribution >= 0.6 is 15.9 Å². The van der Waals surface area contributed by atoms with Gasteiger partial charge in [0.1, 0.15) is 11.9 Å². The van der Waals surface area contributed by atoms with E-state index in [0.717, 1.165) is 15.7 Å². The number of aryl methyl sites for hydroxylation is 2. The minimum absolute atomic E-state index is 0.270. The Labute approximate surface area is 136 Å². The van der Waals surface area contributed by atoms with Gasteiger partial charge in [0.25, 0.3) is 5.91 Å². The van der Waals surface area contributed by atoms with Gasteiger partial charge in [0.15, 0.2) is 0 Å². The SMILES string of the molecule is Cc1cc(N2C(=O)[C@@H](c3cccc(Br)c3)N(C)C2=O)n(C)n1. The van der Waals surface area contributed by atoms with Crippen LogP contribution in [0.3, 0.4) is 0 Å². The predicted octanol–water partition coefficient (Wildman–Crippen LogP) is 2.63. The number of carbonyl (C=O) groups is 2. The highest BCUT2D eigenvalue weighted by atomic mass is 79.9. The Morgan fingerprint density at radius 1 is 1.18 bits per heavy atom. The molecule has 0 N–H and O–H groups in total. The second-order valence-electron chi connectivity index (χ2n) is 5.29. The van der Waals surface area contributed by atoms with Gasteiger partial charge in [-0.05, 0) is 24.6 Å². The number of carbonyl (C=O) groups excluding carboxylic acids is 2. The molecular weight excluding hydrogens is 348 g/mol. The molecule has 114 valence electrons. The molecule has 1 aliphatic heterocycles. The number of benzene rings is 1. The number of amides is 3. The zero-order valence-electron chi connectivity index (χ0n) is 12.4. The molecule has 0 radical (unpaired) electrons. The number of halogens is 1. The van der Waals surface area contributed by atoms with E-state index in [1.165, 1.54) is 9.80 Å². The minimum Gasteiger partial charge on any atom is -0.311 e. The first-order valence-electron chi connectivity index (χ1n) is 6.77. The van der Waals surface area contributed by atoms with Crippen molar-refractivity contribution >= 4 is 33.7 Å². The van der Waals surface area contributed by atoms with Gasteiger partial charge in [0, 0.05) is 24.6 Å². The zero-order chi connectivity index (χ0) is 16.0. The van der Waals surface area contributed by atoms with Crippen LogP contribution in [-0.2, 0) is 11.8 Å². The number of likely N-dealkylation sites (N-methyl/N-ethyl adjacent to an activating group) is 1.